The maximum Gasteiger partial charge on any atom is 0.262 e. The molecule has 0 atom stereocenters. The highest BCUT2D eigenvalue weighted by atomic mass is 79.9. The first-order valence-corrected chi connectivity index (χ1v) is 10.6. The minimum Gasteiger partial charge on any atom is -0.287 e. The third-order valence-electron chi connectivity index (χ3n) is 4.41. The van der Waals surface area contributed by atoms with Gasteiger partial charge in [-0.15, -0.1) is 0 Å². The Morgan fingerprint density at radius 2 is 1.93 bits per heavy atom. The molecule has 4 rings (SSSR count). The summed E-state index contributed by atoms with van der Waals surface area (Å²) in [4.78, 5) is 34.4. The summed E-state index contributed by atoms with van der Waals surface area (Å²) in [6.07, 6.45) is 1.78. The van der Waals surface area contributed by atoms with Crippen LogP contribution in [0.2, 0.25) is 0 Å². The number of pyridine rings is 1. The van der Waals surface area contributed by atoms with Crippen LogP contribution in [0.4, 0.5) is 0 Å². The molecule has 0 N–H and O–H groups in total. The molecule has 1 aromatic carbocycles. The summed E-state index contributed by atoms with van der Waals surface area (Å²) in [5.41, 5.74) is 2.73. The van der Waals surface area contributed by atoms with Crippen LogP contribution in [0, 0.1) is 6.92 Å². The molecule has 0 radical (unpaired) electrons. The summed E-state index contributed by atoms with van der Waals surface area (Å²) in [7, 11) is 0. The van der Waals surface area contributed by atoms with Crippen LogP contribution in [0.1, 0.15) is 18.2 Å². The molecule has 0 saturated heterocycles. The number of hydrogen-bond donors (Lipinski definition) is 0. The van der Waals surface area contributed by atoms with Gasteiger partial charge >= 0.3 is 0 Å². The molecule has 0 bridgehead atoms. The molecule has 0 aliphatic carbocycles. The van der Waals surface area contributed by atoms with Crippen molar-refractivity contribution < 1.29 is 0 Å². The number of fused-ring (bicyclic) bond motifs is 2. The van der Waals surface area contributed by atoms with Gasteiger partial charge in [-0.1, -0.05) is 33.8 Å². The Morgan fingerprint density at radius 3 is 2.71 bits per heavy atom. The lowest BCUT2D eigenvalue weighted by atomic mass is 10.2. The third-order valence-corrected chi connectivity index (χ3v) is 5.91. The van der Waals surface area contributed by atoms with E-state index < -0.39 is 0 Å². The van der Waals surface area contributed by atoms with Crippen LogP contribution in [-0.4, -0.2) is 18.9 Å². The van der Waals surface area contributed by atoms with Gasteiger partial charge in [0.25, 0.3) is 11.1 Å². The average Bonchev–Trinajstić information content (AvgIpc) is 2.67. The zero-order valence-electron chi connectivity index (χ0n) is 15.3. The highest BCUT2D eigenvalue weighted by Crippen LogP contribution is 2.23. The summed E-state index contributed by atoms with van der Waals surface area (Å²) in [6, 6.07) is 10.8. The van der Waals surface area contributed by atoms with Crippen molar-refractivity contribution in [3.8, 4) is 0 Å². The molecule has 0 saturated carbocycles. The lowest BCUT2D eigenvalue weighted by Gasteiger charge is -2.11. The molecule has 0 spiro atoms. The van der Waals surface area contributed by atoms with E-state index in [1.54, 1.807) is 16.8 Å². The second-order valence-electron chi connectivity index (χ2n) is 6.41. The number of halogens is 1. The van der Waals surface area contributed by atoms with Crippen LogP contribution in [-0.2, 0) is 12.3 Å². The zero-order chi connectivity index (χ0) is 19.8. The predicted molar refractivity (Wildman–Crippen MR) is 115 cm³/mol. The predicted octanol–water partition coefficient (Wildman–Crippen LogP) is 3.79. The molecule has 0 fully saturated rings. The van der Waals surface area contributed by atoms with Crippen molar-refractivity contribution in [3.05, 3.63) is 79.0 Å². The van der Waals surface area contributed by atoms with Gasteiger partial charge in [0.05, 0.1) is 16.6 Å². The van der Waals surface area contributed by atoms with Gasteiger partial charge < -0.3 is 0 Å². The zero-order valence-corrected chi connectivity index (χ0v) is 17.7. The Labute approximate surface area is 173 Å². The molecule has 28 heavy (non-hydrogen) atoms. The molecule has 0 unspecified atom stereocenters. The number of hydrogen-bond acceptors (Lipinski definition) is 5. The fourth-order valence-electron chi connectivity index (χ4n) is 3.03. The second kappa shape index (κ2) is 7.52. The van der Waals surface area contributed by atoms with E-state index in [2.05, 4.69) is 25.9 Å². The number of rotatable bonds is 4. The highest BCUT2D eigenvalue weighted by molar-refractivity contribution is 9.10. The summed E-state index contributed by atoms with van der Waals surface area (Å²) in [5.74, 6) is 0.452. The largest absolute Gasteiger partial charge is 0.287 e. The molecular formula is C20H17BrN4O2S. The minimum absolute atomic E-state index is 0.0710. The van der Waals surface area contributed by atoms with Gasteiger partial charge in [0.1, 0.15) is 5.65 Å². The van der Waals surface area contributed by atoms with E-state index in [1.165, 1.54) is 22.2 Å². The van der Waals surface area contributed by atoms with E-state index in [0.29, 0.717) is 39.7 Å². The molecule has 0 amide bonds. The number of benzene rings is 1. The molecule has 4 aromatic rings. The lowest BCUT2D eigenvalue weighted by molar-refractivity contribution is 0.634. The topological polar surface area (TPSA) is 69.3 Å². The van der Waals surface area contributed by atoms with Gasteiger partial charge in [0, 0.05) is 29.0 Å². The fraction of sp³-hybridized carbons (Fsp3) is 0.200. The van der Waals surface area contributed by atoms with Crippen LogP contribution in [0.5, 0.6) is 0 Å². The first-order valence-electron chi connectivity index (χ1n) is 8.78. The molecular weight excluding hydrogens is 440 g/mol. The Kier molecular flexibility index (Phi) is 5.07. The first kappa shape index (κ1) is 18.9. The second-order valence-corrected chi connectivity index (χ2v) is 8.27. The van der Waals surface area contributed by atoms with Gasteiger partial charge in [0.15, 0.2) is 5.16 Å². The summed E-state index contributed by atoms with van der Waals surface area (Å²) >= 11 is 4.81. The molecule has 6 nitrogen and oxygen atoms in total. The van der Waals surface area contributed by atoms with Crippen molar-refractivity contribution in [2.24, 2.45) is 0 Å². The summed E-state index contributed by atoms with van der Waals surface area (Å²) in [5, 5.41) is 1.20. The molecule has 0 aliphatic rings. The Bertz CT molecular complexity index is 1330. The van der Waals surface area contributed by atoms with Gasteiger partial charge in [-0.05, 0) is 43.7 Å². The average molecular weight is 457 g/mol. The van der Waals surface area contributed by atoms with Crippen LogP contribution in [0.15, 0.2) is 61.8 Å². The number of aryl methyl sites for hydroxylation is 1. The Morgan fingerprint density at radius 1 is 1.11 bits per heavy atom. The minimum atomic E-state index is -0.117. The van der Waals surface area contributed by atoms with Gasteiger partial charge in [-0.2, -0.15) is 0 Å². The monoisotopic (exact) mass is 456 g/mol. The summed E-state index contributed by atoms with van der Waals surface area (Å²) < 4.78 is 4.03. The van der Waals surface area contributed by atoms with E-state index in [0.717, 1.165) is 10.0 Å². The molecule has 3 aromatic heterocycles. The summed E-state index contributed by atoms with van der Waals surface area (Å²) in [6.45, 7) is 4.37. The highest BCUT2D eigenvalue weighted by Gasteiger charge is 2.12. The van der Waals surface area contributed by atoms with Crippen molar-refractivity contribution >= 4 is 44.2 Å². The van der Waals surface area contributed by atoms with Crippen LogP contribution < -0.4 is 11.1 Å². The van der Waals surface area contributed by atoms with E-state index in [1.807, 2.05) is 38.1 Å². The molecule has 8 heteroatoms. The van der Waals surface area contributed by atoms with Gasteiger partial charge in [-0.25, -0.2) is 9.97 Å². The quantitative estimate of drug-likeness (QED) is 0.345. The Balaban J connectivity index is 1.72. The van der Waals surface area contributed by atoms with Crippen LogP contribution in [0.25, 0.3) is 16.6 Å². The van der Waals surface area contributed by atoms with Crippen molar-refractivity contribution in [1.29, 1.82) is 0 Å². The fourth-order valence-corrected chi connectivity index (χ4v) is 4.35. The third kappa shape index (κ3) is 3.49. The van der Waals surface area contributed by atoms with Gasteiger partial charge in [-0.3, -0.25) is 18.6 Å². The van der Waals surface area contributed by atoms with Crippen molar-refractivity contribution in [1.82, 2.24) is 18.9 Å². The molecule has 3 heterocycles. The Hall–Kier alpha value is -2.45. The van der Waals surface area contributed by atoms with E-state index in [9.17, 15) is 9.59 Å². The SMILES string of the molecule is CCn1c(SCc2cc(=O)n3cc(C)ccc3n2)nc2ccc(Br)cc2c1=O. The van der Waals surface area contributed by atoms with Crippen molar-refractivity contribution in [2.45, 2.75) is 31.3 Å². The van der Waals surface area contributed by atoms with Crippen molar-refractivity contribution in [2.75, 3.05) is 0 Å². The van der Waals surface area contributed by atoms with Crippen molar-refractivity contribution in [3.63, 3.8) is 0 Å². The van der Waals surface area contributed by atoms with E-state index in [4.69, 9.17) is 0 Å². The molecule has 0 aliphatic heterocycles. The maximum atomic E-state index is 12.8. The van der Waals surface area contributed by atoms with E-state index in [-0.39, 0.29) is 11.1 Å². The van der Waals surface area contributed by atoms with Gasteiger partial charge in [0.2, 0.25) is 0 Å². The molecule has 142 valence electrons. The first-order chi connectivity index (χ1) is 13.5. The number of thioether (sulfide) groups is 1. The van der Waals surface area contributed by atoms with Crippen LogP contribution in [0.3, 0.4) is 0 Å². The maximum absolute atomic E-state index is 12.8. The normalized spacial score (nSPS) is 11.4. The smallest absolute Gasteiger partial charge is 0.262 e. The standard InChI is InChI=1S/C20H17BrN4O2S/c1-3-24-19(27)15-8-13(21)5-6-16(15)23-20(24)28-11-14-9-18(26)25-10-12(2)4-7-17(25)22-14/h4-10H,3,11H2,1-2H3. The number of aromatic nitrogens is 4. The van der Waals surface area contributed by atoms with Crippen LogP contribution >= 0.6 is 27.7 Å². The number of nitrogens with zero attached hydrogens (tertiary/aromatic N) is 4. The van der Waals surface area contributed by atoms with E-state index >= 15 is 0 Å². The lowest BCUT2D eigenvalue weighted by Crippen LogP contribution is -2.22.